The average Bonchev–Trinajstić information content (AvgIpc) is 3.16. The third-order valence-corrected chi connectivity index (χ3v) is 4.65. The van der Waals surface area contributed by atoms with E-state index in [2.05, 4.69) is 10.3 Å². The van der Waals surface area contributed by atoms with E-state index in [-0.39, 0.29) is 49.2 Å². The van der Waals surface area contributed by atoms with Gasteiger partial charge in [0.2, 0.25) is 5.91 Å². The number of hydrogen-bond donors (Lipinski definition) is 2. The molecular weight excluding hydrogens is 442 g/mol. The summed E-state index contributed by atoms with van der Waals surface area (Å²) >= 11 is 0. The van der Waals surface area contributed by atoms with Crippen LogP contribution in [-0.2, 0) is 22.5 Å². The summed E-state index contributed by atoms with van der Waals surface area (Å²) in [6.45, 7) is 0.958. The number of rotatable bonds is 9. The van der Waals surface area contributed by atoms with E-state index in [9.17, 15) is 9.18 Å². The quantitative estimate of drug-likeness (QED) is 0.504. The van der Waals surface area contributed by atoms with Crippen LogP contribution in [0.25, 0.3) is 0 Å². The molecule has 1 amide bonds. The molecule has 2 atom stereocenters. The summed E-state index contributed by atoms with van der Waals surface area (Å²) < 4.78 is 20.4. The van der Waals surface area contributed by atoms with Gasteiger partial charge in [-0.1, -0.05) is 42.5 Å². The second kappa shape index (κ2) is 13.1. The molecule has 0 aliphatic heterocycles. The van der Waals surface area contributed by atoms with Crippen LogP contribution in [0.2, 0.25) is 0 Å². The number of nitrogens with one attached hydrogen (secondary N) is 1. The van der Waals surface area contributed by atoms with Crippen molar-refractivity contribution in [3.05, 3.63) is 89.8 Å². The highest BCUT2D eigenvalue weighted by atomic mass is 35.5. The first kappa shape index (κ1) is 26.6. The average molecular weight is 469 g/mol. The maximum atomic E-state index is 13.1. The molecule has 0 bridgehead atoms. The number of methoxy groups -OCH3 is 1. The zero-order valence-electron chi connectivity index (χ0n) is 17.1. The van der Waals surface area contributed by atoms with E-state index in [0.29, 0.717) is 13.0 Å². The van der Waals surface area contributed by atoms with Gasteiger partial charge in [-0.2, -0.15) is 0 Å². The van der Waals surface area contributed by atoms with Crippen LogP contribution in [0.3, 0.4) is 0 Å². The van der Waals surface area contributed by atoms with Gasteiger partial charge < -0.3 is 20.4 Å². The van der Waals surface area contributed by atoms with Gasteiger partial charge in [0.1, 0.15) is 5.82 Å². The summed E-state index contributed by atoms with van der Waals surface area (Å²) in [6.07, 6.45) is 3.60. The molecule has 0 spiro atoms. The summed E-state index contributed by atoms with van der Waals surface area (Å²) in [7, 11) is 1.54. The summed E-state index contributed by atoms with van der Waals surface area (Å²) in [5.74, 6) is -0.604. The Labute approximate surface area is 193 Å². The van der Waals surface area contributed by atoms with Gasteiger partial charge in [0.05, 0.1) is 24.2 Å². The molecule has 1 aromatic heterocycles. The molecule has 31 heavy (non-hydrogen) atoms. The Morgan fingerprint density at radius 3 is 2.48 bits per heavy atom. The number of carbonyl (C=O) groups is 1. The first-order chi connectivity index (χ1) is 14.0. The number of halogens is 3. The van der Waals surface area contributed by atoms with Crippen molar-refractivity contribution in [2.45, 2.75) is 25.1 Å². The van der Waals surface area contributed by atoms with E-state index in [0.717, 1.165) is 11.3 Å². The van der Waals surface area contributed by atoms with Gasteiger partial charge in [-0.15, -0.1) is 24.8 Å². The Morgan fingerprint density at radius 1 is 1.16 bits per heavy atom. The second-order valence-corrected chi connectivity index (χ2v) is 6.85. The number of benzene rings is 2. The van der Waals surface area contributed by atoms with E-state index in [1.165, 1.54) is 17.7 Å². The molecule has 0 saturated heterocycles. The Bertz CT molecular complexity index is 923. The first-order valence-electron chi connectivity index (χ1n) is 9.41. The number of nitrogens with two attached hydrogens (primary N) is 1. The standard InChI is InChI=1S/C22H25FN4O2.2ClH/c1-29-21(17-7-9-18(23)10-8-17)12-25-22(28)20(24)11-19-14-27(15-26-19)13-16-5-3-2-4-6-16;;/h2-10,14-15,20-21H,11-13,24H2,1H3,(H,25,28);2*1H/t20-,21?;;/m0../s1. The van der Waals surface area contributed by atoms with E-state index >= 15 is 0 Å². The van der Waals surface area contributed by atoms with Crippen LogP contribution < -0.4 is 11.1 Å². The Balaban J connectivity index is 0.00000240. The van der Waals surface area contributed by atoms with Crippen molar-refractivity contribution < 1.29 is 13.9 Å². The van der Waals surface area contributed by atoms with Crippen LogP contribution in [0.4, 0.5) is 4.39 Å². The van der Waals surface area contributed by atoms with Crippen LogP contribution in [0.1, 0.15) is 22.9 Å². The number of nitrogens with zero attached hydrogens (tertiary/aromatic N) is 2. The minimum Gasteiger partial charge on any atom is -0.375 e. The number of ether oxygens (including phenoxy) is 1. The van der Waals surface area contributed by atoms with Crippen molar-refractivity contribution in [1.82, 2.24) is 14.9 Å². The second-order valence-electron chi connectivity index (χ2n) is 6.85. The minimum absolute atomic E-state index is 0. The third-order valence-electron chi connectivity index (χ3n) is 4.65. The third kappa shape index (κ3) is 7.95. The Kier molecular flexibility index (Phi) is 11.2. The maximum absolute atomic E-state index is 13.1. The fraction of sp³-hybridized carbons (Fsp3) is 0.273. The molecule has 9 heteroatoms. The van der Waals surface area contributed by atoms with Crippen molar-refractivity contribution in [3.8, 4) is 0 Å². The fourth-order valence-electron chi connectivity index (χ4n) is 3.05. The molecule has 1 heterocycles. The summed E-state index contributed by atoms with van der Waals surface area (Å²) in [6, 6.07) is 15.3. The Morgan fingerprint density at radius 2 is 1.84 bits per heavy atom. The summed E-state index contributed by atoms with van der Waals surface area (Å²) in [5.41, 5.74) is 8.75. The molecule has 0 fully saturated rings. The van der Waals surface area contributed by atoms with Gasteiger partial charge in [-0.3, -0.25) is 4.79 Å². The van der Waals surface area contributed by atoms with Gasteiger partial charge in [0, 0.05) is 32.8 Å². The predicted octanol–water partition coefficient (Wildman–Crippen LogP) is 3.29. The normalized spacial score (nSPS) is 12.2. The first-order valence-corrected chi connectivity index (χ1v) is 9.41. The zero-order chi connectivity index (χ0) is 20.6. The van der Waals surface area contributed by atoms with E-state index in [1.54, 1.807) is 25.6 Å². The molecule has 0 radical (unpaired) electrons. The predicted molar refractivity (Wildman–Crippen MR) is 123 cm³/mol. The van der Waals surface area contributed by atoms with Crippen LogP contribution in [0.5, 0.6) is 0 Å². The number of imidazole rings is 1. The van der Waals surface area contributed by atoms with Crippen LogP contribution >= 0.6 is 24.8 Å². The molecule has 6 nitrogen and oxygen atoms in total. The highest BCUT2D eigenvalue weighted by Crippen LogP contribution is 2.16. The number of carbonyl (C=O) groups excluding carboxylic acids is 1. The van der Waals surface area contributed by atoms with Crippen molar-refractivity contribution in [2.24, 2.45) is 5.73 Å². The Hall–Kier alpha value is -2.45. The molecule has 168 valence electrons. The van der Waals surface area contributed by atoms with Crippen molar-refractivity contribution in [3.63, 3.8) is 0 Å². The zero-order valence-corrected chi connectivity index (χ0v) is 18.7. The van der Waals surface area contributed by atoms with Crippen molar-refractivity contribution in [1.29, 1.82) is 0 Å². The highest BCUT2D eigenvalue weighted by molar-refractivity contribution is 5.85. The molecule has 0 aliphatic carbocycles. The lowest BCUT2D eigenvalue weighted by atomic mass is 10.1. The lowest BCUT2D eigenvalue weighted by molar-refractivity contribution is -0.122. The molecule has 0 aliphatic rings. The van der Waals surface area contributed by atoms with Crippen LogP contribution in [-0.4, -0.2) is 35.2 Å². The summed E-state index contributed by atoms with van der Waals surface area (Å²) in [5, 5.41) is 2.80. The molecule has 1 unspecified atom stereocenters. The van der Waals surface area contributed by atoms with Crippen LogP contribution in [0.15, 0.2) is 67.1 Å². The molecular formula is C22H27Cl2FN4O2. The van der Waals surface area contributed by atoms with Gasteiger partial charge in [0.15, 0.2) is 0 Å². The van der Waals surface area contributed by atoms with Gasteiger partial charge in [-0.05, 0) is 23.3 Å². The number of aromatic nitrogens is 2. The molecule has 0 saturated carbocycles. The van der Waals surface area contributed by atoms with Crippen molar-refractivity contribution >= 4 is 30.7 Å². The SMILES string of the molecule is COC(CNC(=O)[C@@H](N)Cc1cn(Cc2ccccc2)cn1)c1ccc(F)cc1.Cl.Cl. The maximum Gasteiger partial charge on any atom is 0.237 e. The number of hydrogen-bond acceptors (Lipinski definition) is 4. The van der Waals surface area contributed by atoms with E-state index in [1.807, 2.05) is 41.1 Å². The summed E-state index contributed by atoms with van der Waals surface area (Å²) in [4.78, 5) is 16.7. The molecule has 3 N–H and O–H groups in total. The van der Waals surface area contributed by atoms with E-state index in [4.69, 9.17) is 10.5 Å². The highest BCUT2D eigenvalue weighted by Gasteiger charge is 2.18. The smallest absolute Gasteiger partial charge is 0.237 e. The van der Waals surface area contributed by atoms with E-state index < -0.39 is 6.04 Å². The molecule has 3 rings (SSSR count). The molecule has 3 aromatic rings. The van der Waals surface area contributed by atoms with Gasteiger partial charge >= 0.3 is 0 Å². The number of amides is 1. The van der Waals surface area contributed by atoms with Gasteiger partial charge in [-0.25, -0.2) is 9.37 Å². The largest absolute Gasteiger partial charge is 0.375 e. The van der Waals surface area contributed by atoms with Crippen LogP contribution in [0, 0.1) is 5.82 Å². The van der Waals surface area contributed by atoms with Gasteiger partial charge in [0.25, 0.3) is 0 Å². The topological polar surface area (TPSA) is 82.2 Å². The molecule has 2 aromatic carbocycles. The monoisotopic (exact) mass is 468 g/mol. The minimum atomic E-state index is -0.721. The lowest BCUT2D eigenvalue weighted by Gasteiger charge is -2.18. The fourth-order valence-corrected chi connectivity index (χ4v) is 3.05. The van der Waals surface area contributed by atoms with Crippen molar-refractivity contribution in [2.75, 3.05) is 13.7 Å². The lowest BCUT2D eigenvalue weighted by Crippen LogP contribution is -2.43.